The van der Waals surface area contributed by atoms with Gasteiger partial charge in [0.15, 0.2) is 0 Å². The molecule has 0 aromatic heterocycles. The maximum Gasteiger partial charge on any atom is 0.420 e. The number of carbonyl (C=O) groups is 1. The van der Waals surface area contributed by atoms with E-state index in [4.69, 9.17) is 4.74 Å². The molecule has 2 unspecified atom stereocenters. The van der Waals surface area contributed by atoms with E-state index in [1.165, 1.54) is 6.07 Å². The number of benzene rings is 2. The monoisotopic (exact) mass is 557 g/mol. The number of fused-ring (bicyclic) bond motifs is 3. The van der Waals surface area contributed by atoms with Gasteiger partial charge in [0, 0.05) is 18.6 Å². The summed E-state index contributed by atoms with van der Waals surface area (Å²) in [6.07, 6.45) is -5.23. The van der Waals surface area contributed by atoms with Gasteiger partial charge in [-0.1, -0.05) is 30.7 Å². The highest BCUT2D eigenvalue weighted by atomic mass is 19.4. The van der Waals surface area contributed by atoms with Gasteiger partial charge in [0.25, 0.3) is 0 Å². The summed E-state index contributed by atoms with van der Waals surface area (Å²) in [6.45, 7) is 0.646. The van der Waals surface area contributed by atoms with Crippen LogP contribution in [-0.2, 0) is 17.4 Å². The standard InChI is InChI=1S/C29H33F6NO3/c30-28(31,32)20-7-9-23(10-8-20)39-25-11-6-18-5-4-17(14-24(18)26(25)29(33,34)35)12-13-36-21-2-1-3-22(36)16-19(15-21)27(37)38/h4-6,11,14,19-23H,1-3,7-10,12-13,15-16H2,(H,37,38)/t19?,20?,21-,22?,23?/m0/s1. The Balaban J connectivity index is 1.34. The normalized spacial score (nSPS) is 28.4. The molecular weight excluding hydrogens is 524 g/mol. The maximum absolute atomic E-state index is 14.3. The Bertz CT molecular complexity index is 1170. The number of hydrogen-bond acceptors (Lipinski definition) is 3. The van der Waals surface area contributed by atoms with Crippen LogP contribution in [-0.4, -0.2) is 46.9 Å². The molecule has 2 saturated heterocycles. The summed E-state index contributed by atoms with van der Waals surface area (Å²) in [5, 5.41) is 9.92. The highest BCUT2D eigenvalue weighted by Gasteiger charge is 2.43. The molecule has 3 fully saturated rings. The van der Waals surface area contributed by atoms with Gasteiger partial charge in [-0.25, -0.2) is 0 Å². The van der Waals surface area contributed by atoms with Crippen LogP contribution in [0.2, 0.25) is 0 Å². The summed E-state index contributed by atoms with van der Waals surface area (Å²) in [4.78, 5) is 13.9. The predicted molar refractivity (Wildman–Crippen MR) is 134 cm³/mol. The molecule has 2 aliphatic heterocycles. The summed E-state index contributed by atoms with van der Waals surface area (Å²) in [6, 6.07) is 8.22. The van der Waals surface area contributed by atoms with Gasteiger partial charge in [-0.15, -0.1) is 0 Å². The van der Waals surface area contributed by atoms with E-state index in [2.05, 4.69) is 4.90 Å². The van der Waals surface area contributed by atoms with Crippen molar-refractivity contribution >= 4 is 16.7 Å². The van der Waals surface area contributed by atoms with Crippen molar-refractivity contribution in [2.75, 3.05) is 6.54 Å². The largest absolute Gasteiger partial charge is 0.490 e. The van der Waals surface area contributed by atoms with Gasteiger partial charge in [0.1, 0.15) is 11.3 Å². The minimum Gasteiger partial charge on any atom is -0.490 e. The molecule has 3 aliphatic rings. The highest BCUT2D eigenvalue weighted by molar-refractivity contribution is 5.89. The van der Waals surface area contributed by atoms with E-state index in [9.17, 15) is 36.2 Å². The van der Waals surface area contributed by atoms with E-state index in [0.29, 0.717) is 31.2 Å². The van der Waals surface area contributed by atoms with Crippen molar-refractivity contribution in [1.82, 2.24) is 4.90 Å². The second kappa shape index (κ2) is 10.8. The predicted octanol–water partition coefficient (Wildman–Crippen LogP) is 7.62. The van der Waals surface area contributed by atoms with E-state index in [0.717, 1.165) is 24.8 Å². The number of ether oxygens (including phenoxy) is 1. The third-order valence-electron chi connectivity index (χ3n) is 8.90. The van der Waals surface area contributed by atoms with Crippen LogP contribution < -0.4 is 4.74 Å². The van der Waals surface area contributed by atoms with Crippen LogP contribution in [0.3, 0.4) is 0 Å². The number of nitrogens with zero attached hydrogens (tertiary/aromatic N) is 1. The van der Waals surface area contributed by atoms with Gasteiger partial charge in [-0.2, -0.15) is 26.3 Å². The fourth-order valence-corrected chi connectivity index (χ4v) is 6.88. The number of alkyl halides is 6. The van der Waals surface area contributed by atoms with E-state index in [1.807, 2.05) is 6.07 Å². The minimum absolute atomic E-state index is 0.0197. The summed E-state index contributed by atoms with van der Waals surface area (Å²) in [7, 11) is 0. The molecule has 2 aromatic rings. The average molecular weight is 558 g/mol. The van der Waals surface area contributed by atoms with E-state index in [-0.39, 0.29) is 54.8 Å². The number of piperidine rings is 2. The molecule has 1 N–H and O–H groups in total. The molecule has 39 heavy (non-hydrogen) atoms. The maximum atomic E-state index is 14.3. The molecule has 0 radical (unpaired) electrons. The molecule has 1 aliphatic carbocycles. The topological polar surface area (TPSA) is 49.8 Å². The van der Waals surface area contributed by atoms with Crippen LogP contribution in [0.15, 0.2) is 30.3 Å². The fraction of sp³-hybridized carbons (Fsp3) is 0.621. The van der Waals surface area contributed by atoms with Crippen molar-refractivity contribution in [3.63, 3.8) is 0 Å². The third-order valence-corrected chi connectivity index (χ3v) is 8.90. The molecule has 0 amide bonds. The third kappa shape index (κ3) is 6.15. The lowest BCUT2D eigenvalue weighted by Gasteiger charge is -2.48. The van der Waals surface area contributed by atoms with E-state index < -0.39 is 35.9 Å². The molecule has 2 heterocycles. The Hall–Kier alpha value is -2.49. The summed E-state index contributed by atoms with van der Waals surface area (Å²) in [5.41, 5.74) is -0.145. The zero-order chi connectivity index (χ0) is 27.9. The smallest absolute Gasteiger partial charge is 0.420 e. The van der Waals surface area contributed by atoms with Gasteiger partial charge in [0.2, 0.25) is 0 Å². The second-order valence-corrected chi connectivity index (χ2v) is 11.4. The number of hydrogen-bond donors (Lipinski definition) is 1. The van der Waals surface area contributed by atoms with Gasteiger partial charge < -0.3 is 9.84 Å². The summed E-state index contributed by atoms with van der Waals surface area (Å²) >= 11 is 0. The zero-order valence-corrected chi connectivity index (χ0v) is 21.5. The van der Waals surface area contributed by atoms with Gasteiger partial charge in [-0.05, 0) is 80.2 Å². The Morgan fingerprint density at radius 3 is 2.15 bits per heavy atom. The Morgan fingerprint density at radius 2 is 1.56 bits per heavy atom. The lowest BCUT2D eigenvalue weighted by molar-refractivity contribution is -0.185. The van der Waals surface area contributed by atoms with Crippen LogP contribution in [0.25, 0.3) is 10.8 Å². The summed E-state index contributed by atoms with van der Waals surface area (Å²) in [5.74, 6) is -2.87. The fourth-order valence-electron chi connectivity index (χ4n) is 6.88. The molecule has 2 aromatic carbocycles. The molecule has 2 bridgehead atoms. The molecule has 1 saturated carbocycles. The quantitative estimate of drug-likeness (QED) is 0.371. The number of carboxylic acids is 1. The van der Waals surface area contributed by atoms with E-state index in [1.54, 1.807) is 18.2 Å². The van der Waals surface area contributed by atoms with Crippen LogP contribution in [0.5, 0.6) is 5.75 Å². The molecule has 0 spiro atoms. The van der Waals surface area contributed by atoms with Gasteiger partial charge in [-0.3, -0.25) is 9.69 Å². The molecule has 4 nitrogen and oxygen atoms in total. The van der Waals surface area contributed by atoms with Crippen molar-refractivity contribution in [2.24, 2.45) is 11.8 Å². The molecule has 3 atom stereocenters. The summed E-state index contributed by atoms with van der Waals surface area (Å²) < 4.78 is 87.7. The lowest BCUT2D eigenvalue weighted by Crippen LogP contribution is -2.53. The first-order chi connectivity index (χ1) is 18.4. The molecule has 214 valence electrons. The molecular formula is C29H33F6NO3. The number of carboxylic acid groups (broad SMARTS) is 1. The van der Waals surface area contributed by atoms with Crippen LogP contribution in [0.1, 0.15) is 68.9 Å². The second-order valence-electron chi connectivity index (χ2n) is 11.4. The first kappa shape index (κ1) is 28.1. The minimum atomic E-state index is -4.70. The van der Waals surface area contributed by atoms with Crippen molar-refractivity contribution in [2.45, 2.75) is 94.7 Å². The Kier molecular flexibility index (Phi) is 7.79. The highest BCUT2D eigenvalue weighted by Crippen LogP contribution is 2.44. The van der Waals surface area contributed by atoms with Crippen molar-refractivity contribution < 1.29 is 41.0 Å². The van der Waals surface area contributed by atoms with E-state index >= 15 is 0 Å². The number of aliphatic carboxylic acids is 1. The Labute approximate surface area is 223 Å². The Morgan fingerprint density at radius 1 is 0.923 bits per heavy atom. The number of rotatable bonds is 6. The van der Waals surface area contributed by atoms with Crippen molar-refractivity contribution in [1.29, 1.82) is 0 Å². The average Bonchev–Trinajstić information content (AvgIpc) is 2.85. The SMILES string of the molecule is O=C(O)C1CC2CCC[C@@H](C1)N2CCc1ccc2ccc(OC3CCC(C(F)(F)F)CC3)c(C(F)(F)F)c2c1. The lowest BCUT2D eigenvalue weighted by atomic mass is 9.78. The zero-order valence-electron chi connectivity index (χ0n) is 21.5. The number of halogens is 6. The van der Waals surface area contributed by atoms with Crippen LogP contribution >= 0.6 is 0 Å². The van der Waals surface area contributed by atoms with Crippen LogP contribution in [0.4, 0.5) is 26.3 Å². The first-order valence-electron chi connectivity index (χ1n) is 13.7. The van der Waals surface area contributed by atoms with Gasteiger partial charge in [0.05, 0.1) is 17.9 Å². The van der Waals surface area contributed by atoms with Gasteiger partial charge >= 0.3 is 18.3 Å². The van der Waals surface area contributed by atoms with Crippen molar-refractivity contribution in [3.05, 3.63) is 41.5 Å². The van der Waals surface area contributed by atoms with Crippen molar-refractivity contribution in [3.8, 4) is 5.75 Å². The molecule has 5 rings (SSSR count). The first-order valence-corrected chi connectivity index (χ1v) is 13.7. The van der Waals surface area contributed by atoms with Crippen LogP contribution in [0, 0.1) is 11.8 Å². The molecule has 10 heteroatoms.